The number of pyridine rings is 1. The van der Waals surface area contributed by atoms with Crippen LogP contribution in [0.5, 0.6) is 5.88 Å². The average Bonchev–Trinajstić information content (AvgIpc) is 3.23. The van der Waals surface area contributed by atoms with Crippen molar-refractivity contribution in [2.45, 2.75) is 77.4 Å². The molecule has 1 aliphatic heterocycles. The van der Waals surface area contributed by atoms with Crippen molar-refractivity contribution in [2.24, 2.45) is 23.8 Å². The highest BCUT2D eigenvalue weighted by atomic mass is 32.2. The summed E-state index contributed by atoms with van der Waals surface area (Å²) in [5.41, 5.74) is -2.03. The van der Waals surface area contributed by atoms with Crippen LogP contribution in [-0.4, -0.2) is 63.7 Å². The number of carbonyl (C=O) groups is 1. The number of nitrogens with one attached hydrogen (secondary N) is 1. The van der Waals surface area contributed by atoms with Crippen LogP contribution in [0.4, 0.5) is 19.0 Å². The summed E-state index contributed by atoms with van der Waals surface area (Å²) in [6.07, 6.45) is -0.679. The highest BCUT2D eigenvalue weighted by Gasteiger charge is 2.64. The standard InChI is InChI=1S/C29H38F3N7O4S/c1-18-21(16-37(7)34-18)44(41,42)36-25(40)20-8-9-22(33-24(20)38-15-19(26(2,3)4)14-27(38,5)6)39-13-10-23(35-39)43-17-28(11-12-28)29(30,31)32/h8-10,13,16,19H,11-12,14-15,17H2,1-7H3,(H,36,40)/t19-/m0/s1. The number of carbonyl (C=O) groups excluding carboxylic acids is 1. The van der Waals surface area contributed by atoms with Gasteiger partial charge >= 0.3 is 6.18 Å². The highest BCUT2D eigenvalue weighted by Crippen LogP contribution is 2.57. The molecule has 0 aromatic carbocycles. The van der Waals surface area contributed by atoms with Gasteiger partial charge in [0.05, 0.1) is 11.3 Å². The van der Waals surface area contributed by atoms with Crippen molar-refractivity contribution in [2.75, 3.05) is 18.1 Å². The maximum Gasteiger partial charge on any atom is 0.397 e. The Balaban J connectivity index is 1.49. The Morgan fingerprint density at radius 1 is 1.14 bits per heavy atom. The summed E-state index contributed by atoms with van der Waals surface area (Å²) in [7, 11) is -2.66. The van der Waals surface area contributed by atoms with E-state index < -0.39 is 39.7 Å². The van der Waals surface area contributed by atoms with E-state index in [-0.39, 0.29) is 57.8 Å². The normalized spacial score (nSPS) is 19.7. The van der Waals surface area contributed by atoms with Crippen molar-refractivity contribution < 1.29 is 31.1 Å². The van der Waals surface area contributed by atoms with Gasteiger partial charge in [0.15, 0.2) is 5.82 Å². The van der Waals surface area contributed by atoms with Crippen molar-refractivity contribution in [3.8, 4) is 11.7 Å². The lowest BCUT2D eigenvalue weighted by Gasteiger charge is -2.34. The van der Waals surface area contributed by atoms with E-state index >= 15 is 0 Å². The zero-order valence-corrected chi connectivity index (χ0v) is 26.7. The number of aromatic nitrogens is 5. The lowest BCUT2D eigenvalue weighted by atomic mass is 9.78. The molecule has 2 fully saturated rings. The topological polar surface area (TPSA) is 124 Å². The van der Waals surface area contributed by atoms with Crippen molar-refractivity contribution in [1.82, 2.24) is 29.3 Å². The van der Waals surface area contributed by atoms with Gasteiger partial charge in [-0.1, -0.05) is 20.8 Å². The van der Waals surface area contributed by atoms with Crippen LogP contribution in [-0.2, 0) is 17.1 Å². The fourth-order valence-corrected chi connectivity index (χ4v) is 6.79. The van der Waals surface area contributed by atoms with Crippen molar-refractivity contribution >= 4 is 21.7 Å². The molecular formula is C29H38F3N7O4S. The van der Waals surface area contributed by atoms with E-state index in [4.69, 9.17) is 9.72 Å². The number of hydrogen-bond acceptors (Lipinski definition) is 8. The molecule has 0 bridgehead atoms. The van der Waals surface area contributed by atoms with Gasteiger partial charge in [-0.15, -0.1) is 5.10 Å². The fourth-order valence-electron chi connectivity index (χ4n) is 5.61. The van der Waals surface area contributed by atoms with E-state index in [1.54, 1.807) is 7.05 Å². The van der Waals surface area contributed by atoms with E-state index in [1.807, 2.05) is 18.7 Å². The van der Waals surface area contributed by atoms with Crippen LogP contribution in [0.25, 0.3) is 5.82 Å². The molecule has 0 radical (unpaired) electrons. The maximum absolute atomic E-state index is 13.6. The molecule has 240 valence electrons. The second-order valence-corrected chi connectivity index (χ2v) is 15.2. The fraction of sp³-hybridized carbons (Fsp3) is 0.586. The van der Waals surface area contributed by atoms with Gasteiger partial charge < -0.3 is 9.64 Å². The predicted octanol–water partition coefficient (Wildman–Crippen LogP) is 4.80. The van der Waals surface area contributed by atoms with Crippen LogP contribution in [0.15, 0.2) is 35.5 Å². The molecular weight excluding hydrogens is 599 g/mol. The Morgan fingerprint density at radius 2 is 1.82 bits per heavy atom. The van der Waals surface area contributed by atoms with Gasteiger partial charge in [-0.3, -0.25) is 9.48 Å². The lowest BCUT2D eigenvalue weighted by Crippen LogP contribution is -2.41. The minimum absolute atomic E-state index is 0.0120. The number of hydrogen-bond donors (Lipinski definition) is 1. The predicted molar refractivity (Wildman–Crippen MR) is 156 cm³/mol. The smallest absolute Gasteiger partial charge is 0.397 e. The van der Waals surface area contributed by atoms with E-state index in [0.29, 0.717) is 6.54 Å². The van der Waals surface area contributed by atoms with Crippen LogP contribution in [0.2, 0.25) is 0 Å². The third kappa shape index (κ3) is 6.02. The molecule has 1 amide bonds. The highest BCUT2D eigenvalue weighted by molar-refractivity contribution is 7.90. The quantitative estimate of drug-likeness (QED) is 0.374. The van der Waals surface area contributed by atoms with Crippen LogP contribution < -0.4 is 14.4 Å². The van der Waals surface area contributed by atoms with E-state index in [0.717, 1.165) is 6.42 Å². The largest absolute Gasteiger partial charge is 0.476 e. The molecule has 1 aliphatic carbocycles. The Hall–Kier alpha value is -3.62. The minimum Gasteiger partial charge on any atom is -0.476 e. The first-order valence-electron chi connectivity index (χ1n) is 14.3. The van der Waals surface area contributed by atoms with Crippen molar-refractivity contribution in [3.05, 3.63) is 41.9 Å². The van der Waals surface area contributed by atoms with Gasteiger partial charge in [-0.25, -0.2) is 22.8 Å². The van der Waals surface area contributed by atoms with Gasteiger partial charge in [0.25, 0.3) is 15.9 Å². The monoisotopic (exact) mass is 637 g/mol. The summed E-state index contributed by atoms with van der Waals surface area (Å²) in [6, 6.07) is 4.43. The summed E-state index contributed by atoms with van der Waals surface area (Å²) in [5.74, 6) is -0.0542. The number of halogens is 3. The first kappa shape index (κ1) is 31.8. The summed E-state index contributed by atoms with van der Waals surface area (Å²) in [4.78, 5) is 20.3. The molecule has 1 N–H and O–H groups in total. The number of aryl methyl sites for hydroxylation is 2. The number of nitrogens with zero attached hydrogens (tertiary/aromatic N) is 6. The van der Waals surface area contributed by atoms with E-state index in [9.17, 15) is 26.4 Å². The van der Waals surface area contributed by atoms with Gasteiger partial charge in [0.2, 0.25) is 5.88 Å². The zero-order valence-electron chi connectivity index (χ0n) is 25.9. The first-order chi connectivity index (χ1) is 20.2. The first-order valence-corrected chi connectivity index (χ1v) is 15.8. The van der Waals surface area contributed by atoms with Gasteiger partial charge in [0.1, 0.15) is 22.7 Å². The maximum atomic E-state index is 13.6. The summed E-state index contributed by atoms with van der Waals surface area (Å²) in [5, 5.41) is 8.35. The molecule has 1 saturated carbocycles. The Labute approximate surface area is 254 Å². The minimum atomic E-state index is -4.35. The molecule has 4 heterocycles. The SMILES string of the molecule is Cc1nn(C)cc1S(=O)(=O)NC(=O)c1ccc(-n2ccc(OCC3(C(F)(F)F)CC3)n2)nc1N1C[C@@H](C(C)(C)C)CC1(C)C. The molecule has 0 unspecified atom stereocenters. The lowest BCUT2D eigenvalue weighted by molar-refractivity contribution is -0.194. The van der Waals surface area contributed by atoms with Crippen molar-refractivity contribution in [1.29, 1.82) is 0 Å². The number of amides is 1. The average molecular weight is 638 g/mol. The van der Waals surface area contributed by atoms with Crippen LogP contribution in [0.1, 0.15) is 69.9 Å². The Bertz CT molecular complexity index is 1680. The third-order valence-electron chi connectivity index (χ3n) is 8.70. The molecule has 1 atom stereocenters. The second kappa shape index (κ2) is 10.5. The van der Waals surface area contributed by atoms with Gasteiger partial charge in [0, 0.05) is 37.6 Å². The van der Waals surface area contributed by atoms with Crippen LogP contribution >= 0.6 is 0 Å². The summed E-state index contributed by atoms with van der Waals surface area (Å²) < 4.78 is 76.7. The summed E-state index contributed by atoms with van der Waals surface area (Å²) >= 11 is 0. The number of anilines is 1. The second-order valence-electron chi connectivity index (χ2n) is 13.6. The zero-order chi connectivity index (χ0) is 32.5. The summed E-state index contributed by atoms with van der Waals surface area (Å²) in [6.45, 7) is 12.1. The molecule has 0 spiro atoms. The third-order valence-corrected chi connectivity index (χ3v) is 10.1. The molecule has 3 aromatic heterocycles. The molecule has 44 heavy (non-hydrogen) atoms. The Morgan fingerprint density at radius 3 is 2.36 bits per heavy atom. The molecule has 15 heteroatoms. The molecule has 1 saturated heterocycles. The van der Waals surface area contributed by atoms with Gasteiger partial charge in [-0.05, 0) is 63.5 Å². The number of alkyl halides is 3. The van der Waals surface area contributed by atoms with Crippen LogP contribution in [0.3, 0.4) is 0 Å². The van der Waals surface area contributed by atoms with Crippen molar-refractivity contribution in [3.63, 3.8) is 0 Å². The Kier molecular flexibility index (Phi) is 7.58. The molecule has 11 nitrogen and oxygen atoms in total. The van der Waals surface area contributed by atoms with E-state index in [2.05, 4.69) is 35.7 Å². The molecule has 2 aliphatic rings. The number of sulfonamides is 1. The molecule has 3 aromatic rings. The number of ether oxygens (including phenoxy) is 1. The van der Waals surface area contributed by atoms with E-state index in [1.165, 1.54) is 46.9 Å². The molecule has 5 rings (SSSR count). The number of rotatable bonds is 8. The van der Waals surface area contributed by atoms with Crippen LogP contribution in [0, 0.1) is 23.7 Å². The van der Waals surface area contributed by atoms with Gasteiger partial charge in [-0.2, -0.15) is 18.3 Å².